The number of rotatable bonds is 6. The molecule has 0 saturated heterocycles. The Kier molecular flexibility index (Phi) is 7.57. The van der Waals surface area contributed by atoms with Crippen molar-refractivity contribution in [3.05, 3.63) is 29.8 Å². The molecule has 0 aliphatic heterocycles. The Balaban J connectivity index is 0.00000225. The van der Waals surface area contributed by atoms with Crippen LogP contribution in [0.5, 0.6) is 5.75 Å². The molecule has 0 spiro atoms. The van der Waals surface area contributed by atoms with Crippen LogP contribution in [0.25, 0.3) is 0 Å². The second kappa shape index (κ2) is 9.44. The van der Waals surface area contributed by atoms with Gasteiger partial charge in [0.2, 0.25) is 5.91 Å². The zero-order chi connectivity index (χ0) is 16.9. The summed E-state index contributed by atoms with van der Waals surface area (Å²) in [6.07, 6.45) is 7.19. The van der Waals surface area contributed by atoms with Crippen molar-refractivity contribution in [2.24, 2.45) is 17.6 Å². The fourth-order valence-corrected chi connectivity index (χ4v) is 4.46. The number of nitrogens with one attached hydrogen (secondary N) is 1. The Hall–Kier alpha value is -1.26. The van der Waals surface area contributed by atoms with Gasteiger partial charge in [0.1, 0.15) is 5.75 Å². The third kappa shape index (κ3) is 5.35. The van der Waals surface area contributed by atoms with Crippen LogP contribution < -0.4 is 15.8 Å². The van der Waals surface area contributed by atoms with E-state index in [1.807, 2.05) is 31.2 Å². The molecule has 1 aromatic rings. The van der Waals surface area contributed by atoms with E-state index >= 15 is 0 Å². The molecule has 2 atom stereocenters. The van der Waals surface area contributed by atoms with E-state index in [1.54, 1.807) is 0 Å². The van der Waals surface area contributed by atoms with Gasteiger partial charge in [0, 0.05) is 18.5 Å². The summed E-state index contributed by atoms with van der Waals surface area (Å²) in [5, 5.41) is 3.32. The van der Waals surface area contributed by atoms with Gasteiger partial charge < -0.3 is 15.8 Å². The molecule has 2 bridgehead atoms. The van der Waals surface area contributed by atoms with E-state index in [1.165, 1.54) is 24.8 Å². The van der Waals surface area contributed by atoms with Crippen LogP contribution in [0.1, 0.15) is 51.0 Å². The third-order valence-electron chi connectivity index (χ3n) is 5.58. The smallest absolute Gasteiger partial charge is 0.220 e. The van der Waals surface area contributed by atoms with Crippen LogP contribution >= 0.6 is 12.4 Å². The van der Waals surface area contributed by atoms with Crippen molar-refractivity contribution in [2.75, 3.05) is 6.61 Å². The monoisotopic (exact) mass is 366 g/mol. The summed E-state index contributed by atoms with van der Waals surface area (Å²) < 4.78 is 5.45. The first-order valence-electron chi connectivity index (χ1n) is 9.42. The van der Waals surface area contributed by atoms with Crippen molar-refractivity contribution < 1.29 is 9.53 Å². The maximum atomic E-state index is 12.4. The lowest BCUT2D eigenvalue weighted by Crippen LogP contribution is -2.53. The molecule has 2 unspecified atom stereocenters. The fourth-order valence-electron chi connectivity index (χ4n) is 4.46. The minimum Gasteiger partial charge on any atom is -0.494 e. The van der Waals surface area contributed by atoms with Crippen molar-refractivity contribution in [1.29, 1.82) is 0 Å². The minimum atomic E-state index is 0. The molecule has 5 heteroatoms. The van der Waals surface area contributed by atoms with E-state index < -0.39 is 0 Å². The van der Waals surface area contributed by atoms with Gasteiger partial charge in [-0.2, -0.15) is 0 Å². The van der Waals surface area contributed by atoms with Gasteiger partial charge in [-0.3, -0.25) is 4.79 Å². The maximum Gasteiger partial charge on any atom is 0.220 e. The molecule has 2 aliphatic carbocycles. The second-order valence-corrected chi connectivity index (χ2v) is 7.35. The van der Waals surface area contributed by atoms with E-state index in [0.29, 0.717) is 36.9 Å². The largest absolute Gasteiger partial charge is 0.494 e. The topological polar surface area (TPSA) is 64.3 Å². The van der Waals surface area contributed by atoms with Gasteiger partial charge in [-0.05, 0) is 68.6 Å². The molecule has 140 valence electrons. The van der Waals surface area contributed by atoms with Crippen molar-refractivity contribution in [1.82, 2.24) is 5.32 Å². The molecule has 2 aliphatic rings. The standard InChI is InChI=1S/C20H30N2O2.ClH/c1-2-24-18-9-6-14(7-10-18)8-11-19(23)22-20-15-4-3-5-16(20)13-17(21)12-15;/h6-7,9-10,15-17,20H,2-5,8,11-13,21H2,1H3,(H,22,23);1H. The quantitative estimate of drug-likeness (QED) is 0.810. The van der Waals surface area contributed by atoms with Crippen LogP contribution in [-0.2, 0) is 11.2 Å². The molecular formula is C20H31ClN2O2. The lowest BCUT2D eigenvalue weighted by atomic mass is 9.67. The second-order valence-electron chi connectivity index (χ2n) is 7.35. The highest BCUT2D eigenvalue weighted by molar-refractivity contribution is 5.85. The highest BCUT2D eigenvalue weighted by atomic mass is 35.5. The van der Waals surface area contributed by atoms with Crippen molar-refractivity contribution in [3.63, 3.8) is 0 Å². The summed E-state index contributed by atoms with van der Waals surface area (Å²) in [5.41, 5.74) is 7.34. The highest BCUT2D eigenvalue weighted by Crippen LogP contribution is 2.39. The number of aryl methyl sites for hydroxylation is 1. The van der Waals surface area contributed by atoms with Crippen molar-refractivity contribution in [3.8, 4) is 5.75 Å². The Labute approximate surface area is 157 Å². The van der Waals surface area contributed by atoms with Gasteiger partial charge in [0.15, 0.2) is 0 Å². The average Bonchev–Trinajstić information content (AvgIpc) is 2.55. The summed E-state index contributed by atoms with van der Waals surface area (Å²) in [6.45, 7) is 2.65. The minimum absolute atomic E-state index is 0. The molecule has 1 aromatic carbocycles. The zero-order valence-corrected chi connectivity index (χ0v) is 15.9. The Morgan fingerprint density at radius 3 is 2.44 bits per heavy atom. The molecule has 3 N–H and O–H groups in total. The SMILES string of the molecule is CCOc1ccc(CCC(=O)NC2C3CCCC2CC(N)C3)cc1.Cl. The first-order chi connectivity index (χ1) is 11.7. The molecule has 2 fully saturated rings. The number of hydrogen-bond acceptors (Lipinski definition) is 3. The van der Waals surface area contributed by atoms with Crippen LogP contribution in [0.4, 0.5) is 0 Å². The molecule has 4 nitrogen and oxygen atoms in total. The normalized spacial score (nSPS) is 27.9. The number of amides is 1. The van der Waals surface area contributed by atoms with Crippen molar-refractivity contribution >= 4 is 18.3 Å². The molecular weight excluding hydrogens is 336 g/mol. The van der Waals surface area contributed by atoms with Gasteiger partial charge in [-0.25, -0.2) is 0 Å². The lowest BCUT2D eigenvalue weighted by molar-refractivity contribution is -0.123. The number of carbonyl (C=O) groups excluding carboxylic acids is 1. The summed E-state index contributed by atoms with van der Waals surface area (Å²) >= 11 is 0. The van der Waals surface area contributed by atoms with Crippen LogP contribution in [-0.4, -0.2) is 24.6 Å². The predicted octanol–water partition coefficient (Wildman–Crippen LogP) is 3.46. The predicted molar refractivity (Wildman–Crippen MR) is 103 cm³/mol. The number of halogens is 1. The van der Waals surface area contributed by atoms with Crippen LogP contribution in [0.15, 0.2) is 24.3 Å². The number of hydrogen-bond donors (Lipinski definition) is 2. The fraction of sp³-hybridized carbons (Fsp3) is 0.650. The number of benzene rings is 1. The average molecular weight is 367 g/mol. The maximum absolute atomic E-state index is 12.4. The van der Waals surface area contributed by atoms with E-state index in [2.05, 4.69) is 5.32 Å². The van der Waals surface area contributed by atoms with E-state index in [4.69, 9.17) is 10.5 Å². The molecule has 0 radical (unpaired) electrons. The summed E-state index contributed by atoms with van der Waals surface area (Å²) in [7, 11) is 0. The van der Waals surface area contributed by atoms with Gasteiger partial charge in [-0.1, -0.05) is 18.6 Å². The Morgan fingerprint density at radius 2 is 1.84 bits per heavy atom. The Bertz CT molecular complexity index is 535. The number of fused-ring (bicyclic) bond motifs is 2. The summed E-state index contributed by atoms with van der Waals surface area (Å²) in [6, 6.07) is 8.73. The van der Waals surface area contributed by atoms with Crippen LogP contribution in [0.2, 0.25) is 0 Å². The number of ether oxygens (including phenoxy) is 1. The molecule has 25 heavy (non-hydrogen) atoms. The molecule has 0 aromatic heterocycles. The molecule has 1 amide bonds. The first kappa shape index (κ1) is 20.1. The Morgan fingerprint density at radius 1 is 1.20 bits per heavy atom. The van der Waals surface area contributed by atoms with Crippen LogP contribution in [0, 0.1) is 11.8 Å². The van der Waals surface area contributed by atoms with Crippen molar-refractivity contribution in [2.45, 2.75) is 64.0 Å². The molecule has 2 saturated carbocycles. The van der Waals surface area contributed by atoms with Gasteiger partial charge in [-0.15, -0.1) is 12.4 Å². The number of carbonyl (C=O) groups is 1. The van der Waals surface area contributed by atoms with Gasteiger partial charge in [0.05, 0.1) is 6.61 Å². The first-order valence-corrected chi connectivity index (χ1v) is 9.42. The summed E-state index contributed by atoms with van der Waals surface area (Å²) in [5.74, 6) is 2.24. The summed E-state index contributed by atoms with van der Waals surface area (Å²) in [4.78, 5) is 12.4. The molecule has 0 heterocycles. The van der Waals surface area contributed by atoms with Gasteiger partial charge >= 0.3 is 0 Å². The lowest BCUT2D eigenvalue weighted by Gasteiger charge is -2.45. The third-order valence-corrected chi connectivity index (χ3v) is 5.58. The number of nitrogens with two attached hydrogens (primary N) is 1. The molecule has 3 rings (SSSR count). The zero-order valence-electron chi connectivity index (χ0n) is 15.1. The van der Waals surface area contributed by atoms with E-state index in [0.717, 1.165) is 25.0 Å². The highest BCUT2D eigenvalue weighted by Gasteiger charge is 2.39. The van der Waals surface area contributed by atoms with Gasteiger partial charge in [0.25, 0.3) is 0 Å². The van der Waals surface area contributed by atoms with E-state index in [-0.39, 0.29) is 18.3 Å². The van der Waals surface area contributed by atoms with E-state index in [9.17, 15) is 4.79 Å². The van der Waals surface area contributed by atoms with Crippen LogP contribution in [0.3, 0.4) is 0 Å².